The first-order chi connectivity index (χ1) is 20.3. The predicted molar refractivity (Wildman–Crippen MR) is 179 cm³/mol. The number of hydrogen-bond acceptors (Lipinski definition) is 1. The Hall–Kier alpha value is -3.52. The summed E-state index contributed by atoms with van der Waals surface area (Å²) in [5.41, 5.74) is 9.17. The first-order valence-corrected chi connectivity index (χ1v) is 20.5. The second-order valence-corrected chi connectivity index (χ2v) is 20.4. The summed E-state index contributed by atoms with van der Waals surface area (Å²) in [4.78, 5) is 0. The third-order valence-corrected chi connectivity index (χ3v) is 7.17. The van der Waals surface area contributed by atoms with Crippen molar-refractivity contribution in [2.75, 3.05) is 0 Å². The van der Waals surface area contributed by atoms with Crippen molar-refractivity contribution in [1.29, 1.82) is 0 Å². The topological polar surface area (TPSA) is 13.1 Å². The summed E-state index contributed by atoms with van der Waals surface area (Å²) < 4.78 is 5.77. The van der Waals surface area contributed by atoms with Crippen LogP contribution in [-0.4, -0.2) is 5.43 Å². The van der Waals surface area contributed by atoms with Crippen molar-refractivity contribution in [3.8, 4) is 33.6 Å². The van der Waals surface area contributed by atoms with Gasteiger partial charge in [0.05, 0.1) is 11.5 Å². The molecule has 0 bridgehead atoms. The van der Waals surface area contributed by atoms with Gasteiger partial charge in [-0.3, -0.25) is 0 Å². The van der Waals surface area contributed by atoms with Crippen LogP contribution in [0.25, 0.3) is 55.1 Å². The fourth-order valence-corrected chi connectivity index (χ4v) is 5.36. The molecule has 0 fully saturated rings. The number of furan rings is 1. The van der Waals surface area contributed by atoms with Gasteiger partial charge in [0.25, 0.3) is 0 Å². The molecule has 1 heterocycles. The Balaban J connectivity index is 0.000000155. The van der Waals surface area contributed by atoms with E-state index >= 15 is 0 Å². The van der Waals surface area contributed by atoms with Crippen molar-refractivity contribution < 1.29 is 27.8 Å². The van der Waals surface area contributed by atoms with Gasteiger partial charge in [0.15, 0.2) is 0 Å². The Morgan fingerprint density at radius 1 is 0.619 bits per heavy atom. The van der Waals surface area contributed by atoms with Crippen LogP contribution in [-0.2, 0) is 23.3 Å². The van der Waals surface area contributed by atoms with Crippen LogP contribution in [0.2, 0.25) is 13.1 Å². The molecule has 0 spiro atoms. The van der Waals surface area contributed by atoms with E-state index in [4.69, 9.17) is 4.42 Å². The van der Waals surface area contributed by atoms with Crippen LogP contribution in [0.15, 0.2) is 132 Å². The van der Waals surface area contributed by atoms with Crippen LogP contribution in [0.1, 0.15) is 16.9 Å². The number of benzene rings is 4. The molecule has 0 aliphatic heterocycles. The maximum Gasteiger partial charge on any atom is 0.0896 e. The van der Waals surface area contributed by atoms with Crippen LogP contribution in [0.5, 0.6) is 0 Å². The summed E-state index contributed by atoms with van der Waals surface area (Å²) >= 11 is 1.74. The molecule has 0 aliphatic rings. The summed E-state index contributed by atoms with van der Waals surface area (Å²) in [5.74, 6) is 1.88. The summed E-state index contributed by atoms with van der Waals surface area (Å²) in [6, 6.07) is 45.0. The molecule has 1 nitrogen and oxygen atoms in total. The normalized spacial score (nSPS) is 10.6. The molecule has 0 N–H and O–H groups in total. The fourth-order valence-electron chi connectivity index (χ4n) is 5.36. The summed E-state index contributed by atoms with van der Waals surface area (Å²) in [6.45, 7) is 10.9. The largest absolute Gasteiger partial charge is 0.496 e. The van der Waals surface area contributed by atoms with Gasteiger partial charge in [-0.2, -0.15) is 6.07 Å². The van der Waals surface area contributed by atoms with Crippen LogP contribution in [0.4, 0.5) is 0 Å². The average molecular weight is 640 g/mol. The first-order valence-electron chi connectivity index (χ1n) is 14.4. The minimum absolute atomic E-state index is 0.210. The molecule has 0 amide bonds. The Morgan fingerprint density at radius 2 is 1.26 bits per heavy atom. The maximum atomic E-state index is 5.77. The molecular formula is C39H36OSiZr. The summed E-state index contributed by atoms with van der Waals surface area (Å²) in [6.07, 6.45) is 0. The molecule has 42 heavy (non-hydrogen) atoms. The molecular weight excluding hydrogens is 604 g/mol. The molecule has 0 aliphatic carbocycles. The van der Waals surface area contributed by atoms with Crippen LogP contribution < -0.4 is 0 Å². The van der Waals surface area contributed by atoms with E-state index in [2.05, 4.69) is 142 Å². The third-order valence-electron chi connectivity index (χ3n) is 7.17. The monoisotopic (exact) mass is 638 g/mol. The molecule has 206 valence electrons. The van der Waals surface area contributed by atoms with Crippen molar-refractivity contribution in [3.63, 3.8) is 0 Å². The van der Waals surface area contributed by atoms with Crippen LogP contribution in [0, 0.1) is 20.8 Å². The fraction of sp³-hybridized carbons (Fsp3) is 0.128. The Labute approximate surface area is 265 Å². The van der Waals surface area contributed by atoms with E-state index in [0.717, 1.165) is 17.1 Å². The van der Waals surface area contributed by atoms with Crippen LogP contribution in [0.3, 0.4) is 0 Å². The molecule has 0 saturated heterocycles. The molecule has 6 aromatic carbocycles. The van der Waals surface area contributed by atoms with E-state index in [1.54, 1.807) is 23.3 Å². The molecule has 0 radical (unpaired) electrons. The third kappa shape index (κ3) is 7.09. The smallest absolute Gasteiger partial charge is 0.0896 e. The van der Waals surface area contributed by atoms with Crippen molar-refractivity contribution in [2.45, 2.75) is 33.9 Å². The van der Waals surface area contributed by atoms with Gasteiger partial charge in [0, 0.05) is 0 Å². The first kappa shape index (κ1) is 30.0. The molecule has 0 unspecified atom stereocenters. The average Bonchev–Trinajstić information content (AvgIpc) is 3.71. The molecule has 3 heteroatoms. The van der Waals surface area contributed by atoms with Gasteiger partial charge >= 0.3 is 41.9 Å². The zero-order valence-corrected chi connectivity index (χ0v) is 28.5. The van der Waals surface area contributed by atoms with E-state index in [0.29, 0.717) is 0 Å². The number of aryl methyl sites for hydroxylation is 3. The zero-order valence-electron chi connectivity index (χ0n) is 25.0. The Morgan fingerprint density at radius 3 is 1.90 bits per heavy atom. The zero-order chi connectivity index (χ0) is 29.6. The second kappa shape index (κ2) is 13.6. The van der Waals surface area contributed by atoms with Gasteiger partial charge < -0.3 is 4.42 Å². The van der Waals surface area contributed by atoms with Gasteiger partial charge in [0.2, 0.25) is 0 Å². The minimum Gasteiger partial charge on any atom is -0.496 e. The molecule has 7 rings (SSSR count). The van der Waals surface area contributed by atoms with Gasteiger partial charge in [-0.1, -0.05) is 96.4 Å². The maximum absolute atomic E-state index is 5.77. The van der Waals surface area contributed by atoms with Crippen molar-refractivity contribution in [2.24, 2.45) is 0 Å². The SMILES string of the molecule is C[Si](C)=[Zr+2].Cc1cc2c(-c3ccccc3)cccc2[cH-]1.Cc1ccc(-c2cc3c(-c4ccccc4)c(C)ccc3[cH-]2)o1. The van der Waals surface area contributed by atoms with Gasteiger partial charge in [0.1, 0.15) is 0 Å². The van der Waals surface area contributed by atoms with Crippen molar-refractivity contribution in [1.82, 2.24) is 0 Å². The van der Waals surface area contributed by atoms with E-state index in [1.165, 1.54) is 54.9 Å². The minimum atomic E-state index is 0.210. The summed E-state index contributed by atoms with van der Waals surface area (Å²) in [5, 5.41) is 5.23. The Bertz CT molecular complexity index is 1930. The van der Waals surface area contributed by atoms with Crippen molar-refractivity contribution >= 4 is 27.0 Å². The second-order valence-electron chi connectivity index (χ2n) is 11.0. The molecule has 1 aromatic heterocycles. The van der Waals surface area contributed by atoms with Crippen molar-refractivity contribution in [3.05, 3.63) is 144 Å². The van der Waals surface area contributed by atoms with E-state index in [1.807, 2.05) is 19.1 Å². The van der Waals surface area contributed by atoms with E-state index in [9.17, 15) is 0 Å². The number of fused-ring (bicyclic) bond motifs is 2. The van der Waals surface area contributed by atoms with E-state index in [-0.39, 0.29) is 5.43 Å². The molecule has 0 atom stereocenters. The van der Waals surface area contributed by atoms with Gasteiger partial charge in [-0.25, -0.2) is 0 Å². The van der Waals surface area contributed by atoms with Gasteiger partial charge in [-0.15, -0.1) is 63.5 Å². The molecule has 7 aromatic rings. The van der Waals surface area contributed by atoms with E-state index < -0.39 is 0 Å². The predicted octanol–water partition coefficient (Wildman–Crippen LogP) is 11.4. The summed E-state index contributed by atoms with van der Waals surface area (Å²) in [7, 11) is 0. The van der Waals surface area contributed by atoms with Gasteiger partial charge in [-0.05, 0) is 42.7 Å². The number of hydrogen-bond donors (Lipinski definition) is 0. The standard InChI is InChI=1S/C21H17O.C16H13.C2H6Si.Zr/c1-14-8-10-17-12-18(20-11-9-15(2)22-20)13-19(17)21(14)16-6-4-3-5-7-16;1-12-10-14-8-5-9-15(16(14)11-12)13-6-3-2-4-7-13;1-3-2;/h3-13H,1-2H3;2-11H,1H3;1-2H3;/q2*-1;;+2. The molecule has 0 saturated carbocycles. The Kier molecular flexibility index (Phi) is 9.73. The van der Waals surface area contributed by atoms with Crippen LogP contribution >= 0.6 is 0 Å². The quantitative estimate of drug-likeness (QED) is 0.138. The number of rotatable bonds is 3.